The summed E-state index contributed by atoms with van der Waals surface area (Å²) in [4.78, 5) is 0. The molecule has 2 unspecified atom stereocenters. The van der Waals surface area contributed by atoms with Crippen LogP contribution in [-0.2, 0) is 6.42 Å². The van der Waals surface area contributed by atoms with E-state index in [9.17, 15) is 4.39 Å². The minimum Gasteiger partial charge on any atom is -0.328 e. The van der Waals surface area contributed by atoms with Crippen LogP contribution in [0.5, 0.6) is 0 Å². The van der Waals surface area contributed by atoms with E-state index in [1.54, 1.807) is 6.07 Å². The first kappa shape index (κ1) is 11.1. The molecule has 0 aromatic heterocycles. The van der Waals surface area contributed by atoms with Crippen LogP contribution in [0.2, 0.25) is 0 Å². The van der Waals surface area contributed by atoms with Gasteiger partial charge in [-0.3, -0.25) is 0 Å². The zero-order valence-electron chi connectivity index (χ0n) is 8.55. The van der Waals surface area contributed by atoms with E-state index < -0.39 is 0 Å². The molecule has 0 aliphatic heterocycles. The van der Waals surface area contributed by atoms with Gasteiger partial charge in [0.15, 0.2) is 0 Å². The molecule has 1 nitrogen and oxygen atoms in total. The molecule has 1 aromatic carbocycles. The smallest absolute Gasteiger partial charge is 0.126 e. The monoisotopic (exact) mass is 271 g/mol. The highest BCUT2D eigenvalue weighted by Crippen LogP contribution is 2.29. The van der Waals surface area contributed by atoms with E-state index in [-0.39, 0.29) is 5.82 Å². The topological polar surface area (TPSA) is 26.0 Å². The molecule has 0 heterocycles. The Labute approximate surface area is 98.0 Å². The molecular formula is C12H15BrFN. The molecular weight excluding hydrogens is 257 g/mol. The van der Waals surface area contributed by atoms with Crippen LogP contribution >= 0.6 is 15.9 Å². The summed E-state index contributed by atoms with van der Waals surface area (Å²) in [7, 11) is 0. The van der Waals surface area contributed by atoms with Gasteiger partial charge in [-0.15, -0.1) is 0 Å². The summed E-state index contributed by atoms with van der Waals surface area (Å²) in [5, 5.41) is 0. The van der Waals surface area contributed by atoms with Crippen molar-refractivity contribution >= 4 is 15.9 Å². The Kier molecular flexibility index (Phi) is 3.42. The minimum atomic E-state index is -0.0985. The van der Waals surface area contributed by atoms with E-state index in [1.165, 1.54) is 6.07 Å². The maximum Gasteiger partial charge on any atom is 0.126 e. The lowest BCUT2D eigenvalue weighted by atomic mass is 9.97. The Morgan fingerprint density at radius 1 is 1.40 bits per heavy atom. The first-order chi connectivity index (χ1) is 7.15. The molecule has 82 valence electrons. The van der Waals surface area contributed by atoms with Crippen LogP contribution in [0.4, 0.5) is 4.39 Å². The number of halogens is 2. The molecule has 3 heteroatoms. The Hall–Kier alpha value is -0.410. The fourth-order valence-corrected chi connectivity index (χ4v) is 2.72. The van der Waals surface area contributed by atoms with Crippen molar-refractivity contribution in [3.8, 4) is 0 Å². The fourth-order valence-electron chi connectivity index (χ4n) is 2.31. The normalized spacial score (nSPS) is 25.8. The summed E-state index contributed by atoms with van der Waals surface area (Å²) in [5.74, 6) is 0.461. The molecule has 2 rings (SSSR count). The lowest BCUT2D eigenvalue weighted by molar-refractivity contribution is 0.513. The molecule has 1 fully saturated rings. The Balaban J connectivity index is 2.07. The van der Waals surface area contributed by atoms with Gasteiger partial charge < -0.3 is 5.73 Å². The molecule has 15 heavy (non-hydrogen) atoms. The third-order valence-corrected chi connectivity index (χ3v) is 3.59. The summed E-state index contributed by atoms with van der Waals surface area (Å²) in [5.41, 5.74) is 6.65. The van der Waals surface area contributed by atoms with Crippen molar-refractivity contribution < 1.29 is 4.39 Å². The van der Waals surface area contributed by atoms with E-state index in [4.69, 9.17) is 5.73 Å². The zero-order chi connectivity index (χ0) is 10.8. The van der Waals surface area contributed by atoms with Gasteiger partial charge in [0, 0.05) is 10.5 Å². The Morgan fingerprint density at radius 2 is 2.20 bits per heavy atom. The molecule has 0 amide bonds. The first-order valence-corrected chi connectivity index (χ1v) is 6.14. The maximum atomic E-state index is 13.5. The van der Waals surface area contributed by atoms with Gasteiger partial charge in [0.25, 0.3) is 0 Å². The summed E-state index contributed by atoms with van der Waals surface area (Å²) in [6, 6.07) is 5.46. The second-order valence-corrected chi connectivity index (χ2v) is 5.29. The van der Waals surface area contributed by atoms with E-state index in [2.05, 4.69) is 15.9 Å². The van der Waals surface area contributed by atoms with Crippen molar-refractivity contribution in [3.63, 3.8) is 0 Å². The summed E-state index contributed by atoms with van der Waals surface area (Å²) in [6.45, 7) is 0. The lowest BCUT2D eigenvalue weighted by Gasteiger charge is -2.10. The number of rotatable bonds is 2. The number of hydrogen-bond donors (Lipinski definition) is 1. The average molecular weight is 272 g/mol. The molecule has 0 saturated heterocycles. The van der Waals surface area contributed by atoms with E-state index in [0.29, 0.717) is 12.0 Å². The van der Waals surface area contributed by atoms with Crippen LogP contribution in [0.3, 0.4) is 0 Å². The Morgan fingerprint density at radius 3 is 2.87 bits per heavy atom. The second-order valence-electron chi connectivity index (χ2n) is 4.38. The van der Waals surface area contributed by atoms with E-state index >= 15 is 0 Å². The SMILES string of the molecule is NC1CCC(Cc2cc(Br)ccc2F)C1. The quantitative estimate of drug-likeness (QED) is 0.878. The average Bonchev–Trinajstić information content (AvgIpc) is 2.58. The predicted molar refractivity (Wildman–Crippen MR) is 63.1 cm³/mol. The van der Waals surface area contributed by atoms with Crippen LogP contribution in [0.25, 0.3) is 0 Å². The van der Waals surface area contributed by atoms with Gasteiger partial charge in [0.05, 0.1) is 0 Å². The highest BCUT2D eigenvalue weighted by molar-refractivity contribution is 9.10. The van der Waals surface area contributed by atoms with E-state index in [1.807, 2.05) is 6.07 Å². The number of benzene rings is 1. The third-order valence-electron chi connectivity index (χ3n) is 3.10. The summed E-state index contributed by atoms with van der Waals surface area (Å²) < 4.78 is 14.4. The van der Waals surface area contributed by atoms with Crippen LogP contribution in [0, 0.1) is 11.7 Å². The van der Waals surface area contributed by atoms with Crippen molar-refractivity contribution in [3.05, 3.63) is 34.1 Å². The molecule has 2 atom stereocenters. The molecule has 0 radical (unpaired) electrons. The molecule has 1 aromatic rings. The Bertz CT molecular complexity index is 353. The summed E-state index contributed by atoms with van der Waals surface area (Å²) in [6.07, 6.45) is 4.07. The molecule has 1 aliphatic rings. The van der Waals surface area contributed by atoms with Crippen LogP contribution < -0.4 is 5.73 Å². The molecule has 1 aliphatic carbocycles. The molecule has 2 N–H and O–H groups in total. The first-order valence-electron chi connectivity index (χ1n) is 5.34. The van der Waals surface area contributed by atoms with E-state index in [0.717, 1.165) is 35.7 Å². The molecule has 0 bridgehead atoms. The van der Waals surface area contributed by atoms with Gasteiger partial charge in [0.2, 0.25) is 0 Å². The van der Waals surface area contributed by atoms with Crippen molar-refractivity contribution in [2.75, 3.05) is 0 Å². The second kappa shape index (κ2) is 4.62. The van der Waals surface area contributed by atoms with Crippen molar-refractivity contribution in [2.24, 2.45) is 11.7 Å². The zero-order valence-corrected chi connectivity index (χ0v) is 10.1. The van der Waals surface area contributed by atoms with Crippen molar-refractivity contribution in [2.45, 2.75) is 31.7 Å². The maximum absolute atomic E-state index is 13.5. The van der Waals surface area contributed by atoms with Gasteiger partial charge in [-0.05, 0) is 55.4 Å². The van der Waals surface area contributed by atoms with Crippen LogP contribution in [0.15, 0.2) is 22.7 Å². The van der Waals surface area contributed by atoms with Crippen molar-refractivity contribution in [1.82, 2.24) is 0 Å². The largest absolute Gasteiger partial charge is 0.328 e. The van der Waals surface area contributed by atoms with Gasteiger partial charge in [-0.25, -0.2) is 4.39 Å². The van der Waals surface area contributed by atoms with Gasteiger partial charge in [0.1, 0.15) is 5.82 Å². The lowest BCUT2D eigenvalue weighted by Crippen LogP contribution is -2.15. The fraction of sp³-hybridized carbons (Fsp3) is 0.500. The van der Waals surface area contributed by atoms with Crippen LogP contribution in [0.1, 0.15) is 24.8 Å². The van der Waals surface area contributed by atoms with Crippen LogP contribution in [-0.4, -0.2) is 6.04 Å². The highest BCUT2D eigenvalue weighted by Gasteiger charge is 2.22. The third kappa shape index (κ3) is 2.79. The number of hydrogen-bond acceptors (Lipinski definition) is 1. The number of nitrogens with two attached hydrogens (primary N) is 1. The minimum absolute atomic E-state index is 0.0985. The van der Waals surface area contributed by atoms with Gasteiger partial charge >= 0.3 is 0 Å². The standard InChI is InChI=1S/C12H15BrFN/c13-10-2-4-12(14)9(7-10)5-8-1-3-11(15)6-8/h2,4,7-8,11H,1,3,5-6,15H2. The molecule has 1 saturated carbocycles. The summed E-state index contributed by atoms with van der Waals surface area (Å²) >= 11 is 3.37. The highest BCUT2D eigenvalue weighted by atomic mass is 79.9. The van der Waals surface area contributed by atoms with Crippen molar-refractivity contribution in [1.29, 1.82) is 0 Å². The van der Waals surface area contributed by atoms with Gasteiger partial charge in [-0.1, -0.05) is 15.9 Å². The molecule has 0 spiro atoms. The predicted octanol–water partition coefficient (Wildman–Crippen LogP) is 3.26. The van der Waals surface area contributed by atoms with Gasteiger partial charge in [-0.2, -0.15) is 0 Å².